The minimum absolute atomic E-state index is 0.332. The fraction of sp³-hybridized carbons (Fsp3) is 0.500. The van der Waals surface area contributed by atoms with E-state index in [4.69, 9.17) is 15.2 Å². The lowest BCUT2D eigenvalue weighted by Gasteiger charge is -2.09. The lowest BCUT2D eigenvalue weighted by molar-refractivity contribution is 0.0499. The summed E-state index contributed by atoms with van der Waals surface area (Å²) in [6, 6.07) is 5.09. The van der Waals surface area contributed by atoms with Crippen molar-refractivity contribution in [2.24, 2.45) is 0 Å². The van der Waals surface area contributed by atoms with Gasteiger partial charge in [0.2, 0.25) is 0 Å². The maximum absolute atomic E-state index is 11.8. The molecular weight excluding hydrogens is 230 g/mol. The molecule has 0 radical (unpaired) electrons. The molecule has 0 aliphatic carbocycles. The van der Waals surface area contributed by atoms with Crippen LogP contribution < -0.4 is 10.5 Å². The van der Waals surface area contributed by atoms with Gasteiger partial charge in [-0.15, -0.1) is 0 Å². The number of nitrogen functional groups attached to an aromatic ring is 1. The zero-order valence-corrected chi connectivity index (χ0v) is 11.1. The molecule has 2 N–H and O–H groups in total. The van der Waals surface area contributed by atoms with E-state index in [1.165, 1.54) is 13.5 Å². The summed E-state index contributed by atoms with van der Waals surface area (Å²) in [7, 11) is 1.52. The molecule has 0 aromatic heterocycles. The van der Waals surface area contributed by atoms with Crippen LogP contribution in [0, 0.1) is 0 Å². The Balaban J connectivity index is 2.51. The van der Waals surface area contributed by atoms with Crippen LogP contribution in [0.3, 0.4) is 0 Å². The van der Waals surface area contributed by atoms with Crippen LogP contribution in [0.15, 0.2) is 18.2 Å². The van der Waals surface area contributed by atoms with Gasteiger partial charge in [0.05, 0.1) is 25.0 Å². The molecule has 0 saturated carbocycles. The third kappa shape index (κ3) is 3.95. The van der Waals surface area contributed by atoms with E-state index in [1.807, 2.05) is 0 Å². The second kappa shape index (κ2) is 7.58. The van der Waals surface area contributed by atoms with E-state index in [-0.39, 0.29) is 5.97 Å². The number of ether oxygens (including phenoxy) is 2. The second-order valence-electron chi connectivity index (χ2n) is 4.12. The van der Waals surface area contributed by atoms with Gasteiger partial charge in [0.25, 0.3) is 0 Å². The SMILES string of the molecule is CCCCCCOC(=O)c1cccc(OC)c1N. The first-order valence-corrected chi connectivity index (χ1v) is 6.30. The van der Waals surface area contributed by atoms with Crippen molar-refractivity contribution < 1.29 is 14.3 Å². The molecule has 0 heterocycles. The van der Waals surface area contributed by atoms with Gasteiger partial charge < -0.3 is 15.2 Å². The van der Waals surface area contributed by atoms with Gasteiger partial charge in [-0.3, -0.25) is 0 Å². The average Bonchev–Trinajstić information content (AvgIpc) is 2.38. The Bertz CT molecular complexity index is 391. The van der Waals surface area contributed by atoms with Crippen molar-refractivity contribution in [2.45, 2.75) is 32.6 Å². The van der Waals surface area contributed by atoms with Crippen molar-refractivity contribution in [3.8, 4) is 5.75 Å². The van der Waals surface area contributed by atoms with Crippen molar-refractivity contribution in [1.82, 2.24) is 0 Å². The van der Waals surface area contributed by atoms with E-state index < -0.39 is 0 Å². The molecule has 0 fully saturated rings. The molecule has 0 bridgehead atoms. The summed E-state index contributed by atoms with van der Waals surface area (Å²) in [4.78, 5) is 11.8. The van der Waals surface area contributed by atoms with Crippen molar-refractivity contribution >= 4 is 11.7 Å². The number of hydrogen-bond donors (Lipinski definition) is 1. The third-order valence-corrected chi connectivity index (χ3v) is 2.74. The molecule has 1 aromatic carbocycles. The molecule has 100 valence electrons. The maximum atomic E-state index is 11.8. The molecule has 18 heavy (non-hydrogen) atoms. The van der Waals surface area contributed by atoms with Gasteiger partial charge in [-0.25, -0.2) is 4.79 Å². The summed E-state index contributed by atoms with van der Waals surface area (Å²) in [6.07, 6.45) is 4.30. The van der Waals surface area contributed by atoms with Crippen molar-refractivity contribution in [2.75, 3.05) is 19.5 Å². The number of carbonyl (C=O) groups excluding carboxylic acids is 1. The van der Waals surface area contributed by atoms with Crippen molar-refractivity contribution in [1.29, 1.82) is 0 Å². The van der Waals surface area contributed by atoms with Gasteiger partial charge >= 0.3 is 5.97 Å². The average molecular weight is 251 g/mol. The summed E-state index contributed by atoms with van der Waals surface area (Å²) >= 11 is 0. The van der Waals surface area contributed by atoms with E-state index >= 15 is 0 Å². The van der Waals surface area contributed by atoms with Gasteiger partial charge in [-0.05, 0) is 18.6 Å². The largest absolute Gasteiger partial charge is 0.495 e. The minimum Gasteiger partial charge on any atom is -0.495 e. The molecular formula is C14H21NO3. The number of nitrogens with two attached hydrogens (primary N) is 1. The van der Waals surface area contributed by atoms with Crippen molar-refractivity contribution in [3.63, 3.8) is 0 Å². The number of rotatable bonds is 7. The number of hydrogen-bond acceptors (Lipinski definition) is 4. The molecule has 0 unspecified atom stereocenters. The van der Waals surface area contributed by atoms with Gasteiger partial charge in [0.15, 0.2) is 0 Å². The number of anilines is 1. The van der Waals surface area contributed by atoms with Crippen molar-refractivity contribution in [3.05, 3.63) is 23.8 Å². The predicted octanol–water partition coefficient (Wildman–Crippen LogP) is 3.01. The molecule has 1 aromatic rings. The van der Waals surface area contributed by atoms with E-state index in [9.17, 15) is 4.79 Å². The normalized spacial score (nSPS) is 10.1. The fourth-order valence-corrected chi connectivity index (χ4v) is 1.67. The number of esters is 1. The highest BCUT2D eigenvalue weighted by atomic mass is 16.5. The number of benzene rings is 1. The van der Waals surface area contributed by atoms with Crippen LogP contribution in [0.1, 0.15) is 43.0 Å². The highest BCUT2D eigenvalue weighted by Crippen LogP contribution is 2.25. The van der Waals surface area contributed by atoms with Crippen LogP contribution in [-0.4, -0.2) is 19.7 Å². The van der Waals surface area contributed by atoms with Crippen LogP contribution in [0.2, 0.25) is 0 Å². The first kappa shape index (κ1) is 14.4. The summed E-state index contributed by atoms with van der Waals surface area (Å²) in [5, 5.41) is 0. The van der Waals surface area contributed by atoms with Gasteiger partial charge in [0.1, 0.15) is 5.75 Å². The lowest BCUT2D eigenvalue weighted by atomic mass is 10.1. The Morgan fingerprint density at radius 2 is 2.06 bits per heavy atom. The van der Waals surface area contributed by atoms with Crippen LogP contribution in [0.25, 0.3) is 0 Å². The first-order chi connectivity index (χ1) is 8.70. The quantitative estimate of drug-likeness (QED) is 0.459. The van der Waals surface area contributed by atoms with Gasteiger partial charge in [-0.1, -0.05) is 32.3 Å². The highest BCUT2D eigenvalue weighted by molar-refractivity contribution is 5.96. The standard InChI is InChI=1S/C14H21NO3/c1-3-4-5-6-10-18-14(16)11-8-7-9-12(17-2)13(11)15/h7-9H,3-6,10,15H2,1-2H3. The molecule has 0 spiro atoms. The highest BCUT2D eigenvalue weighted by Gasteiger charge is 2.13. The molecule has 1 rings (SSSR count). The molecule has 0 amide bonds. The van der Waals surface area contributed by atoms with E-state index in [0.717, 1.165) is 19.3 Å². The summed E-state index contributed by atoms with van der Waals surface area (Å²) in [5.41, 5.74) is 6.52. The molecule has 4 heteroatoms. The molecule has 0 aliphatic heterocycles. The van der Waals surface area contributed by atoms with Crippen LogP contribution in [0.4, 0.5) is 5.69 Å². The summed E-state index contributed by atoms with van der Waals surface area (Å²) in [5.74, 6) is 0.110. The zero-order valence-electron chi connectivity index (χ0n) is 11.1. The topological polar surface area (TPSA) is 61.5 Å². The van der Waals surface area contributed by atoms with Gasteiger partial charge in [-0.2, -0.15) is 0 Å². The van der Waals surface area contributed by atoms with E-state index in [1.54, 1.807) is 18.2 Å². The molecule has 0 aliphatic rings. The van der Waals surface area contributed by atoms with Crippen LogP contribution in [0.5, 0.6) is 5.75 Å². The fourth-order valence-electron chi connectivity index (χ4n) is 1.67. The summed E-state index contributed by atoms with van der Waals surface area (Å²) in [6.45, 7) is 2.58. The summed E-state index contributed by atoms with van der Waals surface area (Å²) < 4.78 is 10.2. The van der Waals surface area contributed by atoms with Crippen LogP contribution >= 0.6 is 0 Å². The van der Waals surface area contributed by atoms with E-state index in [0.29, 0.717) is 23.6 Å². The third-order valence-electron chi connectivity index (χ3n) is 2.74. The smallest absolute Gasteiger partial charge is 0.340 e. The number of unbranched alkanes of at least 4 members (excludes halogenated alkanes) is 3. The minimum atomic E-state index is -0.386. The maximum Gasteiger partial charge on any atom is 0.340 e. The van der Waals surface area contributed by atoms with E-state index in [2.05, 4.69) is 6.92 Å². The predicted molar refractivity (Wildman–Crippen MR) is 71.8 cm³/mol. The zero-order chi connectivity index (χ0) is 13.4. The Kier molecular flexibility index (Phi) is 6.05. The lowest BCUT2D eigenvalue weighted by Crippen LogP contribution is -2.10. The Labute approximate surface area is 108 Å². The molecule has 4 nitrogen and oxygen atoms in total. The number of para-hydroxylation sites is 1. The second-order valence-corrected chi connectivity index (χ2v) is 4.12. The Morgan fingerprint density at radius 1 is 1.28 bits per heavy atom. The Hall–Kier alpha value is -1.71. The molecule has 0 atom stereocenters. The monoisotopic (exact) mass is 251 g/mol. The number of carbonyl (C=O) groups is 1. The molecule has 0 saturated heterocycles. The van der Waals surface area contributed by atoms with Gasteiger partial charge in [0, 0.05) is 0 Å². The van der Waals surface area contributed by atoms with Crippen LogP contribution in [-0.2, 0) is 4.74 Å². The number of methoxy groups -OCH3 is 1. The Morgan fingerprint density at radius 3 is 2.72 bits per heavy atom. The first-order valence-electron chi connectivity index (χ1n) is 6.30.